The van der Waals surface area contributed by atoms with Gasteiger partial charge in [-0.25, -0.2) is 0 Å². The van der Waals surface area contributed by atoms with Crippen molar-refractivity contribution in [3.63, 3.8) is 0 Å². The van der Waals surface area contributed by atoms with Gasteiger partial charge in [-0.1, -0.05) is 53.4 Å². The number of likely N-dealkylation sites (N-methyl/N-ethyl adjacent to an activating group) is 1. The minimum atomic E-state index is 0.397. The molecule has 0 bridgehead atoms. The molecule has 1 aliphatic carbocycles. The molecule has 1 aliphatic rings. The van der Waals surface area contributed by atoms with Crippen LogP contribution in [-0.2, 0) is 4.74 Å². The third kappa shape index (κ3) is 6.69. The molecule has 1 rings (SSSR count). The molecule has 0 saturated heterocycles. The van der Waals surface area contributed by atoms with Gasteiger partial charge in [0.15, 0.2) is 0 Å². The zero-order chi connectivity index (χ0) is 15.9. The minimum absolute atomic E-state index is 0.397. The molecule has 2 heteroatoms. The molecule has 126 valence electrons. The molecule has 0 aromatic rings. The van der Waals surface area contributed by atoms with Crippen LogP contribution < -0.4 is 5.32 Å². The summed E-state index contributed by atoms with van der Waals surface area (Å²) in [5.41, 5.74) is 0.407. The number of ether oxygens (including phenoxy) is 1. The minimum Gasteiger partial charge on any atom is -0.374 e. The smallest absolute Gasteiger partial charge is 0.0734 e. The first kappa shape index (κ1) is 19.0. The van der Waals surface area contributed by atoms with Crippen LogP contribution in [0.25, 0.3) is 0 Å². The summed E-state index contributed by atoms with van der Waals surface area (Å²) in [4.78, 5) is 0. The van der Waals surface area contributed by atoms with Crippen molar-refractivity contribution < 1.29 is 4.74 Å². The first-order valence-electron chi connectivity index (χ1n) is 9.21. The summed E-state index contributed by atoms with van der Waals surface area (Å²) in [6.07, 6.45) is 11.2. The highest BCUT2D eigenvalue weighted by atomic mass is 16.5. The monoisotopic (exact) mass is 297 g/mol. The maximum absolute atomic E-state index is 6.44. The Morgan fingerprint density at radius 3 is 2.43 bits per heavy atom. The zero-order valence-corrected chi connectivity index (χ0v) is 15.4. The molecule has 0 amide bonds. The average Bonchev–Trinajstić information content (AvgIpc) is 2.42. The van der Waals surface area contributed by atoms with Gasteiger partial charge in [0.05, 0.1) is 12.2 Å². The van der Waals surface area contributed by atoms with Crippen LogP contribution in [0.5, 0.6) is 0 Å². The second-order valence-corrected chi connectivity index (χ2v) is 8.11. The fraction of sp³-hybridized carbons (Fsp3) is 1.00. The van der Waals surface area contributed by atoms with Crippen molar-refractivity contribution in [2.24, 2.45) is 11.3 Å². The van der Waals surface area contributed by atoms with Crippen LogP contribution in [0.2, 0.25) is 0 Å². The van der Waals surface area contributed by atoms with Crippen molar-refractivity contribution in [2.45, 2.75) is 104 Å². The largest absolute Gasteiger partial charge is 0.374 e. The molecule has 2 nitrogen and oxygen atoms in total. The highest BCUT2D eigenvalue weighted by Crippen LogP contribution is 2.39. The predicted molar refractivity (Wildman–Crippen MR) is 92.7 cm³/mol. The van der Waals surface area contributed by atoms with Crippen LogP contribution in [0, 0.1) is 11.3 Å². The van der Waals surface area contributed by atoms with Gasteiger partial charge in [0, 0.05) is 6.04 Å². The number of hydrogen-bond acceptors (Lipinski definition) is 2. The molecular formula is C19H39NO. The molecule has 0 aliphatic heterocycles. The quantitative estimate of drug-likeness (QED) is 0.624. The Bertz CT molecular complexity index is 271. The second-order valence-electron chi connectivity index (χ2n) is 8.11. The standard InChI is InChI=1S/C19H39NO/c1-7-8-9-10-11-15(2)21-18-14-16(19(3,4)5)12-13-17(18)20-6/h15-18,20H,7-14H2,1-6H3. The molecule has 1 N–H and O–H groups in total. The fourth-order valence-corrected chi connectivity index (χ4v) is 3.62. The van der Waals surface area contributed by atoms with E-state index in [1.54, 1.807) is 0 Å². The lowest BCUT2D eigenvalue weighted by Crippen LogP contribution is -2.47. The summed E-state index contributed by atoms with van der Waals surface area (Å²) in [5, 5.41) is 3.48. The summed E-state index contributed by atoms with van der Waals surface area (Å²) in [6.45, 7) is 11.7. The topological polar surface area (TPSA) is 21.3 Å². The van der Waals surface area contributed by atoms with Gasteiger partial charge in [-0.2, -0.15) is 0 Å². The van der Waals surface area contributed by atoms with E-state index in [0.29, 0.717) is 23.7 Å². The van der Waals surface area contributed by atoms with Crippen LogP contribution in [0.1, 0.15) is 86.0 Å². The van der Waals surface area contributed by atoms with E-state index in [4.69, 9.17) is 4.74 Å². The Morgan fingerprint density at radius 2 is 1.86 bits per heavy atom. The van der Waals surface area contributed by atoms with E-state index in [2.05, 4.69) is 47.0 Å². The zero-order valence-electron chi connectivity index (χ0n) is 15.4. The molecule has 0 aromatic carbocycles. The van der Waals surface area contributed by atoms with Crippen molar-refractivity contribution in [1.29, 1.82) is 0 Å². The van der Waals surface area contributed by atoms with E-state index in [-0.39, 0.29) is 0 Å². The molecule has 21 heavy (non-hydrogen) atoms. The first-order valence-corrected chi connectivity index (χ1v) is 9.21. The first-order chi connectivity index (χ1) is 9.88. The van der Waals surface area contributed by atoms with Gasteiger partial charge in [-0.3, -0.25) is 0 Å². The molecule has 1 saturated carbocycles. The highest BCUT2D eigenvalue weighted by Gasteiger charge is 2.36. The third-order valence-electron chi connectivity index (χ3n) is 5.26. The lowest BCUT2D eigenvalue weighted by molar-refractivity contribution is -0.0642. The number of nitrogens with one attached hydrogen (secondary N) is 1. The Balaban J connectivity index is 2.44. The normalized spacial score (nSPS) is 28.6. The van der Waals surface area contributed by atoms with Crippen LogP contribution >= 0.6 is 0 Å². The Labute approximate surface area is 133 Å². The molecule has 0 heterocycles. The Hall–Kier alpha value is -0.0800. The Kier molecular flexibility index (Phi) is 8.26. The Morgan fingerprint density at radius 1 is 1.14 bits per heavy atom. The maximum Gasteiger partial charge on any atom is 0.0734 e. The highest BCUT2D eigenvalue weighted by molar-refractivity contribution is 4.89. The lowest BCUT2D eigenvalue weighted by Gasteiger charge is -2.42. The molecule has 1 fully saturated rings. The van der Waals surface area contributed by atoms with E-state index >= 15 is 0 Å². The van der Waals surface area contributed by atoms with Crippen LogP contribution in [0.4, 0.5) is 0 Å². The molecule has 0 aromatic heterocycles. The van der Waals surface area contributed by atoms with E-state index in [9.17, 15) is 0 Å². The molecule has 4 unspecified atom stereocenters. The van der Waals surface area contributed by atoms with Gasteiger partial charge in [0.25, 0.3) is 0 Å². The SMILES string of the molecule is CCCCCCC(C)OC1CC(C(C)(C)C)CCC1NC. The van der Waals surface area contributed by atoms with Gasteiger partial charge in [-0.15, -0.1) is 0 Å². The van der Waals surface area contributed by atoms with Crippen molar-refractivity contribution in [1.82, 2.24) is 5.32 Å². The second kappa shape index (κ2) is 9.15. The summed E-state index contributed by atoms with van der Waals surface area (Å²) in [5.74, 6) is 0.791. The van der Waals surface area contributed by atoms with Crippen LogP contribution in [-0.4, -0.2) is 25.3 Å². The number of unbranched alkanes of at least 4 members (excludes halogenated alkanes) is 3. The van der Waals surface area contributed by atoms with E-state index in [1.807, 2.05) is 0 Å². The molecule has 4 atom stereocenters. The van der Waals surface area contributed by atoms with Crippen molar-refractivity contribution in [3.8, 4) is 0 Å². The predicted octanol–water partition coefficient (Wildman–Crippen LogP) is 5.16. The van der Waals surface area contributed by atoms with Gasteiger partial charge in [-0.05, 0) is 51.0 Å². The maximum atomic E-state index is 6.44. The molecular weight excluding hydrogens is 258 g/mol. The van der Waals surface area contributed by atoms with Gasteiger partial charge >= 0.3 is 0 Å². The summed E-state index contributed by atoms with van der Waals surface area (Å²) in [6, 6.07) is 0.543. The summed E-state index contributed by atoms with van der Waals surface area (Å²) in [7, 11) is 2.09. The fourth-order valence-electron chi connectivity index (χ4n) is 3.62. The van der Waals surface area contributed by atoms with Crippen LogP contribution in [0.15, 0.2) is 0 Å². The van der Waals surface area contributed by atoms with Gasteiger partial charge in [0.2, 0.25) is 0 Å². The van der Waals surface area contributed by atoms with E-state index < -0.39 is 0 Å². The van der Waals surface area contributed by atoms with Crippen LogP contribution in [0.3, 0.4) is 0 Å². The van der Waals surface area contributed by atoms with Crippen molar-refractivity contribution in [2.75, 3.05) is 7.05 Å². The third-order valence-corrected chi connectivity index (χ3v) is 5.26. The summed E-state index contributed by atoms with van der Waals surface area (Å²) < 4.78 is 6.44. The lowest BCUT2D eigenvalue weighted by atomic mass is 9.70. The number of hydrogen-bond donors (Lipinski definition) is 1. The molecule has 0 radical (unpaired) electrons. The molecule has 0 spiro atoms. The summed E-state index contributed by atoms with van der Waals surface area (Å²) >= 11 is 0. The van der Waals surface area contributed by atoms with E-state index in [0.717, 1.165) is 5.92 Å². The number of rotatable bonds is 8. The van der Waals surface area contributed by atoms with Crippen molar-refractivity contribution in [3.05, 3.63) is 0 Å². The van der Waals surface area contributed by atoms with E-state index in [1.165, 1.54) is 51.4 Å². The van der Waals surface area contributed by atoms with Crippen molar-refractivity contribution >= 4 is 0 Å². The van der Waals surface area contributed by atoms with Gasteiger partial charge in [0.1, 0.15) is 0 Å². The van der Waals surface area contributed by atoms with Gasteiger partial charge < -0.3 is 10.1 Å². The average molecular weight is 298 g/mol.